The molecule has 0 heterocycles. The van der Waals surface area contributed by atoms with Crippen molar-refractivity contribution in [3.8, 4) is 5.75 Å². The Hall–Kier alpha value is -0.340. The van der Waals surface area contributed by atoms with Gasteiger partial charge in [-0.05, 0) is 18.2 Å². The molecule has 0 bridgehead atoms. The van der Waals surface area contributed by atoms with Crippen molar-refractivity contribution in [2.45, 2.75) is 5.75 Å². The molecular formula is C7H7ClOS. The zero-order valence-electron chi connectivity index (χ0n) is 5.21. The molecule has 0 aliphatic carbocycles. The average Bonchev–Trinajstić information content (AvgIpc) is 1.94. The second-order valence-electron chi connectivity index (χ2n) is 1.93. The summed E-state index contributed by atoms with van der Waals surface area (Å²) in [6, 6.07) is 4.90. The van der Waals surface area contributed by atoms with Crippen molar-refractivity contribution in [3.63, 3.8) is 0 Å². The summed E-state index contributed by atoms with van der Waals surface area (Å²) in [5, 5.41) is 9.75. The molecule has 0 unspecified atom stereocenters. The van der Waals surface area contributed by atoms with Crippen molar-refractivity contribution in [2.75, 3.05) is 0 Å². The van der Waals surface area contributed by atoms with E-state index in [1.165, 1.54) is 0 Å². The van der Waals surface area contributed by atoms with Crippen molar-refractivity contribution >= 4 is 24.2 Å². The molecule has 0 aliphatic heterocycles. The maximum Gasteiger partial charge on any atom is 0.119 e. The van der Waals surface area contributed by atoms with Gasteiger partial charge in [-0.15, -0.1) is 0 Å². The van der Waals surface area contributed by atoms with Gasteiger partial charge in [0.05, 0.1) is 0 Å². The minimum atomic E-state index is 0.249. The molecule has 0 saturated heterocycles. The van der Waals surface area contributed by atoms with Gasteiger partial charge >= 0.3 is 0 Å². The van der Waals surface area contributed by atoms with Gasteiger partial charge in [0, 0.05) is 16.3 Å². The molecule has 1 rings (SSSR count). The van der Waals surface area contributed by atoms with Crippen molar-refractivity contribution in [1.29, 1.82) is 0 Å². The third kappa shape index (κ3) is 1.58. The Morgan fingerprint density at radius 1 is 1.50 bits per heavy atom. The van der Waals surface area contributed by atoms with Gasteiger partial charge in [-0.1, -0.05) is 11.6 Å². The smallest absolute Gasteiger partial charge is 0.119 e. The molecule has 10 heavy (non-hydrogen) atoms. The Bertz CT molecular complexity index is 237. The lowest BCUT2D eigenvalue weighted by Gasteiger charge is -1.99. The van der Waals surface area contributed by atoms with E-state index in [4.69, 9.17) is 16.7 Å². The van der Waals surface area contributed by atoms with E-state index in [9.17, 15) is 0 Å². The maximum absolute atomic E-state index is 9.13. The Balaban J connectivity index is 3.09. The normalized spacial score (nSPS) is 9.80. The van der Waals surface area contributed by atoms with E-state index in [0.717, 1.165) is 5.56 Å². The summed E-state index contributed by atoms with van der Waals surface area (Å²) in [4.78, 5) is 0. The van der Waals surface area contributed by atoms with Crippen LogP contribution in [0.1, 0.15) is 5.56 Å². The van der Waals surface area contributed by atoms with E-state index in [-0.39, 0.29) is 5.75 Å². The molecule has 0 amide bonds. The fourth-order valence-electron chi connectivity index (χ4n) is 0.681. The minimum Gasteiger partial charge on any atom is -0.508 e. The molecule has 0 aliphatic rings. The lowest BCUT2D eigenvalue weighted by Crippen LogP contribution is -1.77. The van der Waals surface area contributed by atoms with Crippen molar-refractivity contribution in [2.24, 2.45) is 0 Å². The van der Waals surface area contributed by atoms with Gasteiger partial charge in [-0.25, -0.2) is 0 Å². The summed E-state index contributed by atoms with van der Waals surface area (Å²) in [6.45, 7) is 0. The first kappa shape index (κ1) is 7.76. The minimum absolute atomic E-state index is 0.249. The fourth-order valence-corrected chi connectivity index (χ4v) is 1.13. The highest BCUT2D eigenvalue weighted by atomic mass is 35.5. The summed E-state index contributed by atoms with van der Waals surface area (Å²) in [7, 11) is 0. The lowest BCUT2D eigenvalue weighted by molar-refractivity contribution is 0.470. The number of phenolic OH excluding ortho intramolecular Hbond substituents is 1. The van der Waals surface area contributed by atoms with Crippen LogP contribution in [0.3, 0.4) is 0 Å². The molecule has 1 aromatic rings. The highest BCUT2D eigenvalue weighted by Gasteiger charge is 1.97. The molecule has 0 aromatic heterocycles. The number of hydrogen-bond donors (Lipinski definition) is 2. The SMILES string of the molecule is Oc1ccc(Cl)cc1CS. The molecule has 0 radical (unpaired) electrons. The van der Waals surface area contributed by atoms with Crippen LogP contribution < -0.4 is 0 Å². The molecule has 0 atom stereocenters. The second-order valence-corrected chi connectivity index (χ2v) is 2.68. The number of benzene rings is 1. The topological polar surface area (TPSA) is 20.2 Å². The van der Waals surface area contributed by atoms with Crippen LogP contribution >= 0.6 is 24.2 Å². The predicted octanol–water partition coefficient (Wildman–Crippen LogP) is 2.48. The highest BCUT2D eigenvalue weighted by Crippen LogP contribution is 2.22. The van der Waals surface area contributed by atoms with Gasteiger partial charge < -0.3 is 5.11 Å². The Morgan fingerprint density at radius 2 is 2.20 bits per heavy atom. The quantitative estimate of drug-likeness (QED) is 0.627. The Kier molecular flexibility index (Phi) is 2.46. The van der Waals surface area contributed by atoms with Crippen LogP contribution in [0.2, 0.25) is 5.02 Å². The zero-order valence-corrected chi connectivity index (χ0v) is 6.86. The lowest BCUT2D eigenvalue weighted by atomic mass is 10.2. The summed E-state index contributed by atoms with van der Waals surface area (Å²) in [5.74, 6) is 0.756. The average molecular weight is 175 g/mol. The van der Waals surface area contributed by atoms with Crippen LogP contribution in [-0.2, 0) is 5.75 Å². The van der Waals surface area contributed by atoms with Crippen molar-refractivity contribution < 1.29 is 5.11 Å². The monoisotopic (exact) mass is 174 g/mol. The van der Waals surface area contributed by atoms with E-state index < -0.39 is 0 Å². The van der Waals surface area contributed by atoms with Crippen molar-refractivity contribution in [3.05, 3.63) is 28.8 Å². The van der Waals surface area contributed by atoms with Crippen LogP contribution in [0, 0.1) is 0 Å². The molecule has 54 valence electrons. The maximum atomic E-state index is 9.13. The molecule has 1 nitrogen and oxygen atoms in total. The van der Waals surface area contributed by atoms with E-state index in [1.807, 2.05) is 0 Å². The molecular weight excluding hydrogens is 168 g/mol. The van der Waals surface area contributed by atoms with Crippen LogP contribution in [0.4, 0.5) is 0 Å². The predicted molar refractivity (Wildman–Crippen MR) is 45.8 cm³/mol. The molecule has 1 aromatic carbocycles. The van der Waals surface area contributed by atoms with E-state index >= 15 is 0 Å². The Morgan fingerprint density at radius 3 is 2.70 bits per heavy atom. The number of aromatic hydroxyl groups is 1. The molecule has 0 saturated carbocycles. The van der Waals surface area contributed by atoms with Gasteiger partial charge in [0.15, 0.2) is 0 Å². The zero-order chi connectivity index (χ0) is 7.56. The highest BCUT2D eigenvalue weighted by molar-refractivity contribution is 7.79. The second kappa shape index (κ2) is 3.17. The van der Waals surface area contributed by atoms with Crippen LogP contribution in [0.25, 0.3) is 0 Å². The third-order valence-corrected chi connectivity index (χ3v) is 1.79. The standard InChI is InChI=1S/C7H7ClOS/c8-6-1-2-7(9)5(3-6)4-10/h1-3,9-10H,4H2. The number of halogens is 1. The van der Waals surface area contributed by atoms with Gasteiger partial charge in [-0.3, -0.25) is 0 Å². The first-order valence-corrected chi connectivity index (χ1v) is 3.83. The van der Waals surface area contributed by atoms with Crippen molar-refractivity contribution in [1.82, 2.24) is 0 Å². The Labute approximate surface area is 70.0 Å². The summed E-state index contributed by atoms with van der Waals surface area (Å²) < 4.78 is 0. The van der Waals surface area contributed by atoms with E-state index in [1.54, 1.807) is 18.2 Å². The van der Waals surface area contributed by atoms with Crippen LogP contribution in [0.15, 0.2) is 18.2 Å². The van der Waals surface area contributed by atoms with Gasteiger partial charge in [-0.2, -0.15) is 12.6 Å². The van der Waals surface area contributed by atoms with E-state index in [0.29, 0.717) is 10.8 Å². The number of rotatable bonds is 1. The summed E-state index contributed by atoms with van der Waals surface area (Å²) >= 11 is 9.66. The molecule has 1 N–H and O–H groups in total. The number of phenols is 1. The summed E-state index contributed by atoms with van der Waals surface area (Å²) in [6.07, 6.45) is 0. The largest absolute Gasteiger partial charge is 0.508 e. The fraction of sp³-hybridized carbons (Fsp3) is 0.143. The van der Waals surface area contributed by atoms with Gasteiger partial charge in [0.1, 0.15) is 5.75 Å². The first-order chi connectivity index (χ1) is 4.74. The third-order valence-electron chi connectivity index (χ3n) is 1.21. The molecule has 3 heteroatoms. The number of thiol groups is 1. The van der Waals surface area contributed by atoms with Gasteiger partial charge in [0.2, 0.25) is 0 Å². The van der Waals surface area contributed by atoms with Crippen LogP contribution in [-0.4, -0.2) is 5.11 Å². The molecule has 0 fully saturated rings. The first-order valence-electron chi connectivity index (χ1n) is 2.82. The molecule has 0 spiro atoms. The van der Waals surface area contributed by atoms with E-state index in [2.05, 4.69) is 12.6 Å². The van der Waals surface area contributed by atoms with Crippen LogP contribution in [0.5, 0.6) is 5.75 Å². The number of hydrogen-bond acceptors (Lipinski definition) is 2. The summed E-state index contributed by atoms with van der Waals surface area (Å²) in [5.41, 5.74) is 0.760. The van der Waals surface area contributed by atoms with Gasteiger partial charge in [0.25, 0.3) is 0 Å².